The van der Waals surface area contributed by atoms with Gasteiger partial charge in [0, 0.05) is 0 Å². The summed E-state index contributed by atoms with van der Waals surface area (Å²) in [4.78, 5) is 28.9. The first-order chi connectivity index (χ1) is 27.8. The SMILES string of the molecule is CC1CCC2(C(=O)OC3OC(CO)C(O)C(O)C3O)CCC3(C(=O)O)C(=CCC4C5(C)CCC(OC6OC(C)C(O)C(O)C6OS(=O)(=O)O)C(C)(C)C5CCC43C)C2C1C. The second-order valence-electron chi connectivity index (χ2n) is 20.4. The van der Waals surface area contributed by atoms with E-state index >= 15 is 0 Å². The van der Waals surface area contributed by atoms with Crippen LogP contribution in [0.2, 0.25) is 0 Å². The summed E-state index contributed by atoms with van der Waals surface area (Å²) in [6, 6.07) is 0. The van der Waals surface area contributed by atoms with Crippen molar-refractivity contribution >= 4 is 22.3 Å². The van der Waals surface area contributed by atoms with Crippen LogP contribution in [0.4, 0.5) is 0 Å². The van der Waals surface area contributed by atoms with Gasteiger partial charge in [-0.2, -0.15) is 8.42 Å². The number of carboxylic acids is 1. The molecule has 18 heteroatoms. The van der Waals surface area contributed by atoms with E-state index in [4.69, 9.17) is 23.1 Å². The molecule has 2 aliphatic heterocycles. The maximum Gasteiger partial charge on any atom is 0.397 e. The summed E-state index contributed by atoms with van der Waals surface area (Å²) in [7, 11) is -5.06. The Kier molecular flexibility index (Phi) is 12.1. The van der Waals surface area contributed by atoms with Crippen molar-refractivity contribution in [3.63, 3.8) is 0 Å². The standard InChI is InChI=1S/C42H66O17S/c1-19-10-15-41(37(51)58-34-32(48)30(46)29(45)23(18-43)56-34)16-17-42(36(49)50)22(27(41)20(19)2)8-9-25-39(6)13-12-26(38(4,5)24(39)11-14-40(25,42)7)57-35-33(59-60(52,53)54)31(47)28(44)21(3)55-35/h8,19-21,23-35,43-48H,9-18H2,1-7H3,(H,49,50)(H,52,53,54). The molecule has 0 amide bonds. The van der Waals surface area contributed by atoms with Gasteiger partial charge in [0.15, 0.2) is 12.4 Å². The molecule has 2 heterocycles. The third-order valence-corrected chi connectivity index (χ3v) is 18.0. The number of ether oxygens (including phenoxy) is 4. The highest BCUT2D eigenvalue weighted by molar-refractivity contribution is 7.80. The lowest BCUT2D eigenvalue weighted by Crippen LogP contribution is -2.68. The highest BCUT2D eigenvalue weighted by Crippen LogP contribution is 2.76. The van der Waals surface area contributed by atoms with E-state index in [0.717, 1.165) is 5.57 Å². The molecule has 0 aromatic heterocycles. The molecule has 17 nitrogen and oxygen atoms in total. The molecule has 7 aliphatic rings. The van der Waals surface area contributed by atoms with Crippen molar-refractivity contribution in [3.05, 3.63) is 11.6 Å². The summed E-state index contributed by atoms with van der Waals surface area (Å²) in [6.07, 6.45) is -9.58. The number of carbonyl (C=O) groups excluding carboxylic acids is 1. The lowest BCUT2D eigenvalue weighted by atomic mass is 9.33. The van der Waals surface area contributed by atoms with Crippen LogP contribution in [0.25, 0.3) is 0 Å². The fourth-order valence-corrected chi connectivity index (χ4v) is 14.6. The molecule has 5 aliphatic carbocycles. The Bertz CT molecular complexity index is 1800. The van der Waals surface area contributed by atoms with Crippen LogP contribution in [-0.4, -0.2) is 135 Å². The molecule has 342 valence electrons. The van der Waals surface area contributed by atoms with Gasteiger partial charge in [-0.15, -0.1) is 0 Å². The average molecular weight is 875 g/mol. The van der Waals surface area contributed by atoms with Crippen LogP contribution in [0.5, 0.6) is 0 Å². The number of aliphatic hydroxyl groups is 6. The summed E-state index contributed by atoms with van der Waals surface area (Å²) in [5, 5.41) is 74.3. The first kappa shape index (κ1) is 46.2. The molecule has 7 rings (SSSR count). The van der Waals surface area contributed by atoms with Crippen molar-refractivity contribution in [1.29, 1.82) is 0 Å². The van der Waals surface area contributed by atoms with Crippen LogP contribution in [0.1, 0.15) is 106 Å². The molecule has 0 aromatic carbocycles. The second-order valence-corrected chi connectivity index (χ2v) is 21.5. The van der Waals surface area contributed by atoms with Gasteiger partial charge in [-0.25, -0.2) is 4.18 Å². The smallest absolute Gasteiger partial charge is 0.397 e. The molecule has 0 bridgehead atoms. The minimum absolute atomic E-state index is 0.00934. The lowest BCUT2D eigenvalue weighted by Gasteiger charge is -2.70. The summed E-state index contributed by atoms with van der Waals surface area (Å²) < 4.78 is 61.7. The van der Waals surface area contributed by atoms with Gasteiger partial charge < -0.3 is 54.7 Å². The van der Waals surface area contributed by atoms with E-state index < -0.39 is 129 Å². The van der Waals surface area contributed by atoms with Gasteiger partial charge >= 0.3 is 22.3 Å². The zero-order valence-electron chi connectivity index (χ0n) is 35.5. The second kappa shape index (κ2) is 15.7. The minimum Gasteiger partial charge on any atom is -0.481 e. The molecule has 4 saturated carbocycles. The summed E-state index contributed by atoms with van der Waals surface area (Å²) >= 11 is 0. The molecule has 0 radical (unpaired) electrons. The maximum absolute atomic E-state index is 14.6. The van der Waals surface area contributed by atoms with Crippen LogP contribution in [0.3, 0.4) is 0 Å². The number of aliphatic hydroxyl groups excluding tert-OH is 6. The van der Waals surface area contributed by atoms with E-state index in [1.165, 1.54) is 6.92 Å². The molecule has 8 N–H and O–H groups in total. The molecule has 20 unspecified atom stereocenters. The van der Waals surface area contributed by atoms with E-state index in [0.29, 0.717) is 44.9 Å². The maximum atomic E-state index is 14.6. The Hall–Kier alpha value is -1.81. The van der Waals surface area contributed by atoms with E-state index in [2.05, 4.69) is 47.6 Å². The Balaban J connectivity index is 1.20. The molecule has 0 spiro atoms. The molecule has 6 fully saturated rings. The van der Waals surface area contributed by atoms with Crippen molar-refractivity contribution in [2.24, 2.45) is 56.7 Å². The number of fused-ring (bicyclic) bond motifs is 7. The van der Waals surface area contributed by atoms with Gasteiger partial charge in [0.25, 0.3) is 0 Å². The predicted molar refractivity (Wildman–Crippen MR) is 208 cm³/mol. The number of allylic oxidation sites excluding steroid dienone is 1. The van der Waals surface area contributed by atoms with Crippen LogP contribution in [0.15, 0.2) is 11.6 Å². The van der Waals surface area contributed by atoms with Crippen LogP contribution >= 0.6 is 0 Å². The van der Waals surface area contributed by atoms with Gasteiger partial charge in [0.2, 0.25) is 6.29 Å². The molecule has 20 atom stereocenters. The Morgan fingerprint density at radius 1 is 0.817 bits per heavy atom. The largest absolute Gasteiger partial charge is 0.481 e. The third-order valence-electron chi connectivity index (χ3n) is 17.5. The topological polar surface area (TPSA) is 276 Å². The number of hydrogen-bond acceptors (Lipinski definition) is 15. The van der Waals surface area contributed by atoms with E-state index in [9.17, 15) is 58.3 Å². The Labute approximate surface area is 351 Å². The highest BCUT2D eigenvalue weighted by Gasteiger charge is 2.74. The first-order valence-electron chi connectivity index (χ1n) is 21.6. The zero-order valence-corrected chi connectivity index (χ0v) is 36.4. The zero-order chi connectivity index (χ0) is 44.3. The fourth-order valence-electron chi connectivity index (χ4n) is 14.1. The highest BCUT2D eigenvalue weighted by atomic mass is 32.3. The summed E-state index contributed by atoms with van der Waals surface area (Å²) in [5.74, 6) is -2.21. The number of aliphatic carboxylic acids is 1. The quantitative estimate of drug-likeness (QED) is 0.0750. The lowest BCUT2D eigenvalue weighted by molar-refractivity contribution is -0.320. The number of rotatable bonds is 8. The predicted octanol–water partition coefficient (Wildman–Crippen LogP) is 2.09. The average Bonchev–Trinajstić information content (AvgIpc) is 3.17. The normalized spacial score (nSPS) is 51.5. The van der Waals surface area contributed by atoms with Gasteiger partial charge in [0.1, 0.15) is 36.6 Å². The van der Waals surface area contributed by atoms with E-state index in [1.54, 1.807) is 0 Å². The molecule has 2 saturated heterocycles. The first-order valence-corrected chi connectivity index (χ1v) is 23.0. The van der Waals surface area contributed by atoms with E-state index in [1.807, 2.05) is 0 Å². The van der Waals surface area contributed by atoms with Crippen LogP contribution in [0, 0.1) is 56.7 Å². The van der Waals surface area contributed by atoms with Crippen LogP contribution < -0.4 is 0 Å². The molecular formula is C42H66O17S. The van der Waals surface area contributed by atoms with Crippen molar-refractivity contribution in [3.8, 4) is 0 Å². The molecule has 60 heavy (non-hydrogen) atoms. The van der Waals surface area contributed by atoms with Gasteiger partial charge in [-0.1, -0.05) is 53.2 Å². The summed E-state index contributed by atoms with van der Waals surface area (Å²) in [6.45, 7) is 13.5. The third kappa shape index (κ3) is 6.84. The van der Waals surface area contributed by atoms with Gasteiger partial charge in [-0.05, 0) is 111 Å². The van der Waals surface area contributed by atoms with Crippen molar-refractivity contribution in [1.82, 2.24) is 0 Å². The van der Waals surface area contributed by atoms with Gasteiger partial charge in [0.05, 0.1) is 29.6 Å². The van der Waals surface area contributed by atoms with Crippen molar-refractivity contribution in [2.75, 3.05) is 6.61 Å². The summed E-state index contributed by atoms with van der Waals surface area (Å²) in [5.41, 5.74) is -3.48. The van der Waals surface area contributed by atoms with Crippen molar-refractivity contribution < 1.29 is 81.4 Å². The Morgan fingerprint density at radius 2 is 1.50 bits per heavy atom. The number of hydrogen-bond donors (Lipinski definition) is 8. The number of carboxylic acid groups (broad SMARTS) is 1. The molecular weight excluding hydrogens is 809 g/mol. The number of esters is 1. The monoisotopic (exact) mass is 874 g/mol. The van der Waals surface area contributed by atoms with Gasteiger partial charge in [-0.3, -0.25) is 14.1 Å². The molecule has 0 aromatic rings. The fraction of sp³-hybridized carbons (Fsp3) is 0.905. The number of carbonyl (C=O) groups is 2. The minimum atomic E-state index is -5.06. The van der Waals surface area contributed by atoms with E-state index in [-0.39, 0.29) is 36.5 Å². The Morgan fingerprint density at radius 3 is 2.13 bits per heavy atom. The van der Waals surface area contributed by atoms with Crippen LogP contribution in [-0.2, 0) is 43.1 Å². The van der Waals surface area contributed by atoms with Crippen molar-refractivity contribution in [2.45, 2.75) is 174 Å².